The van der Waals surface area contributed by atoms with Gasteiger partial charge in [-0.25, -0.2) is 0 Å². The average molecular weight is 389 g/mol. The lowest BCUT2D eigenvalue weighted by Crippen LogP contribution is -2.16. The number of anilines is 1. The van der Waals surface area contributed by atoms with Gasteiger partial charge in [0.25, 0.3) is 5.91 Å². The molecule has 4 nitrogen and oxygen atoms in total. The van der Waals surface area contributed by atoms with Crippen LogP contribution in [0.4, 0.5) is 5.69 Å². The molecule has 0 aromatic heterocycles. The first-order valence-electron chi connectivity index (χ1n) is 9.22. The van der Waals surface area contributed by atoms with Crippen LogP contribution in [0.25, 0.3) is 0 Å². The summed E-state index contributed by atoms with van der Waals surface area (Å²) in [7, 11) is 1.60. The standard InChI is InChI=1S/C22H28N2O2.ClH/c1-22(2,3)16-10-11-18(20(14-16)26-4)21(25)24-17-8-5-7-15(13-17)19-9-6-12-23-19;/h5,7-8,10-11,13-14,19,23H,6,9,12H2,1-4H3,(H,24,25);1H. The zero-order chi connectivity index (χ0) is 18.7. The van der Waals surface area contributed by atoms with Gasteiger partial charge < -0.3 is 15.4 Å². The molecular weight excluding hydrogens is 360 g/mol. The van der Waals surface area contributed by atoms with Gasteiger partial charge in [0, 0.05) is 11.7 Å². The summed E-state index contributed by atoms with van der Waals surface area (Å²) in [4.78, 5) is 12.8. The number of benzene rings is 2. The number of hydrogen-bond donors (Lipinski definition) is 2. The van der Waals surface area contributed by atoms with Crippen molar-refractivity contribution in [1.82, 2.24) is 5.32 Å². The Hall–Kier alpha value is -2.04. The van der Waals surface area contributed by atoms with Crippen LogP contribution in [0.3, 0.4) is 0 Å². The Morgan fingerprint density at radius 2 is 1.96 bits per heavy atom. The number of amides is 1. The van der Waals surface area contributed by atoms with Crippen LogP contribution in [-0.2, 0) is 5.41 Å². The van der Waals surface area contributed by atoms with E-state index >= 15 is 0 Å². The first kappa shape index (κ1) is 21.3. The lowest BCUT2D eigenvalue weighted by atomic mass is 9.86. The van der Waals surface area contributed by atoms with Crippen molar-refractivity contribution in [1.29, 1.82) is 0 Å². The fourth-order valence-corrected chi connectivity index (χ4v) is 3.35. The summed E-state index contributed by atoms with van der Waals surface area (Å²) in [5.41, 5.74) is 3.72. The number of carbonyl (C=O) groups is 1. The van der Waals surface area contributed by atoms with E-state index in [-0.39, 0.29) is 23.7 Å². The first-order chi connectivity index (χ1) is 12.4. The molecule has 5 heteroatoms. The van der Waals surface area contributed by atoms with Crippen molar-refractivity contribution in [3.63, 3.8) is 0 Å². The molecule has 1 aliphatic heterocycles. The van der Waals surface area contributed by atoms with Crippen molar-refractivity contribution in [3.05, 3.63) is 59.2 Å². The second-order valence-corrected chi connectivity index (χ2v) is 7.89. The van der Waals surface area contributed by atoms with Crippen LogP contribution >= 0.6 is 12.4 Å². The zero-order valence-corrected chi connectivity index (χ0v) is 17.3. The van der Waals surface area contributed by atoms with Crippen molar-refractivity contribution in [2.24, 2.45) is 0 Å². The monoisotopic (exact) mass is 388 g/mol. The summed E-state index contributed by atoms with van der Waals surface area (Å²) >= 11 is 0. The summed E-state index contributed by atoms with van der Waals surface area (Å²) in [5, 5.41) is 6.50. The van der Waals surface area contributed by atoms with E-state index in [1.54, 1.807) is 7.11 Å². The van der Waals surface area contributed by atoms with Gasteiger partial charge in [-0.3, -0.25) is 4.79 Å². The van der Waals surface area contributed by atoms with Crippen LogP contribution < -0.4 is 15.4 Å². The van der Waals surface area contributed by atoms with E-state index in [1.165, 1.54) is 12.0 Å². The van der Waals surface area contributed by atoms with Crippen LogP contribution in [-0.4, -0.2) is 19.6 Å². The number of methoxy groups -OCH3 is 1. The lowest BCUT2D eigenvalue weighted by molar-refractivity contribution is 0.102. The molecule has 2 aromatic carbocycles. The predicted octanol–water partition coefficient (Wildman–Crippen LogP) is 5.09. The Bertz CT molecular complexity index is 793. The molecule has 146 valence electrons. The molecule has 1 heterocycles. The Morgan fingerprint density at radius 1 is 1.19 bits per heavy atom. The molecule has 1 aliphatic rings. The number of ether oxygens (including phenoxy) is 1. The minimum absolute atomic E-state index is 0. The van der Waals surface area contributed by atoms with Crippen LogP contribution in [0.15, 0.2) is 42.5 Å². The summed E-state index contributed by atoms with van der Waals surface area (Å²) < 4.78 is 5.47. The highest BCUT2D eigenvalue weighted by molar-refractivity contribution is 6.06. The van der Waals surface area contributed by atoms with Crippen molar-refractivity contribution in [3.8, 4) is 5.75 Å². The van der Waals surface area contributed by atoms with Crippen molar-refractivity contribution >= 4 is 24.0 Å². The number of nitrogens with one attached hydrogen (secondary N) is 2. The van der Waals surface area contributed by atoms with E-state index in [0.29, 0.717) is 17.4 Å². The predicted molar refractivity (Wildman–Crippen MR) is 113 cm³/mol. The van der Waals surface area contributed by atoms with Crippen molar-refractivity contribution in [2.45, 2.75) is 45.1 Å². The third kappa shape index (κ3) is 5.02. The Balaban J connectivity index is 0.00000261. The minimum atomic E-state index is -0.154. The van der Waals surface area contributed by atoms with Gasteiger partial charge in [-0.15, -0.1) is 12.4 Å². The summed E-state index contributed by atoms with van der Waals surface area (Å²) in [6, 6.07) is 14.2. The summed E-state index contributed by atoms with van der Waals surface area (Å²) in [6.07, 6.45) is 2.33. The quantitative estimate of drug-likeness (QED) is 0.766. The molecule has 1 unspecified atom stereocenters. The van der Waals surface area contributed by atoms with Crippen LogP contribution in [0, 0.1) is 0 Å². The molecule has 0 saturated carbocycles. The molecule has 0 radical (unpaired) electrons. The molecule has 1 fully saturated rings. The Morgan fingerprint density at radius 3 is 2.59 bits per heavy atom. The molecule has 1 atom stereocenters. The third-order valence-electron chi connectivity index (χ3n) is 4.92. The highest BCUT2D eigenvalue weighted by Gasteiger charge is 2.20. The van der Waals surface area contributed by atoms with E-state index in [2.05, 4.69) is 43.5 Å². The maximum atomic E-state index is 12.8. The second-order valence-electron chi connectivity index (χ2n) is 7.89. The molecule has 0 aliphatic carbocycles. The van der Waals surface area contributed by atoms with E-state index < -0.39 is 0 Å². The van der Waals surface area contributed by atoms with Crippen molar-refractivity contribution < 1.29 is 9.53 Å². The fourth-order valence-electron chi connectivity index (χ4n) is 3.35. The third-order valence-corrected chi connectivity index (χ3v) is 4.92. The normalized spacial score (nSPS) is 16.5. The maximum absolute atomic E-state index is 12.8. The Labute approximate surface area is 168 Å². The minimum Gasteiger partial charge on any atom is -0.496 e. The average Bonchev–Trinajstić information content (AvgIpc) is 3.15. The van der Waals surface area contributed by atoms with Crippen molar-refractivity contribution in [2.75, 3.05) is 19.0 Å². The fraction of sp³-hybridized carbons (Fsp3) is 0.409. The lowest BCUT2D eigenvalue weighted by Gasteiger charge is -2.21. The summed E-state index contributed by atoms with van der Waals surface area (Å²) in [5.74, 6) is 0.447. The second kappa shape index (κ2) is 8.77. The van der Waals surface area contributed by atoms with Gasteiger partial charge in [-0.05, 0) is 60.2 Å². The van der Waals surface area contributed by atoms with E-state index in [1.807, 2.05) is 30.3 Å². The highest BCUT2D eigenvalue weighted by atomic mass is 35.5. The molecule has 27 heavy (non-hydrogen) atoms. The number of carbonyl (C=O) groups excluding carboxylic acids is 1. The molecule has 0 bridgehead atoms. The molecule has 2 N–H and O–H groups in total. The van der Waals surface area contributed by atoms with Gasteiger partial charge in [0.15, 0.2) is 0 Å². The number of rotatable bonds is 4. The van der Waals surface area contributed by atoms with Gasteiger partial charge in [-0.1, -0.05) is 39.0 Å². The van der Waals surface area contributed by atoms with Crippen LogP contribution in [0.5, 0.6) is 5.75 Å². The van der Waals surface area contributed by atoms with Gasteiger partial charge in [0.05, 0.1) is 12.7 Å². The molecule has 3 rings (SSSR count). The largest absolute Gasteiger partial charge is 0.496 e. The molecular formula is C22H29ClN2O2. The molecule has 1 amide bonds. The number of hydrogen-bond acceptors (Lipinski definition) is 3. The Kier molecular flexibility index (Phi) is 6.90. The van der Waals surface area contributed by atoms with Crippen LogP contribution in [0.2, 0.25) is 0 Å². The molecule has 0 spiro atoms. The van der Waals surface area contributed by atoms with Gasteiger partial charge in [0.2, 0.25) is 0 Å². The molecule has 2 aromatic rings. The number of halogens is 1. The van der Waals surface area contributed by atoms with Gasteiger partial charge in [-0.2, -0.15) is 0 Å². The maximum Gasteiger partial charge on any atom is 0.259 e. The van der Waals surface area contributed by atoms with Gasteiger partial charge >= 0.3 is 0 Å². The smallest absolute Gasteiger partial charge is 0.259 e. The van der Waals surface area contributed by atoms with Gasteiger partial charge in [0.1, 0.15) is 5.75 Å². The first-order valence-corrected chi connectivity index (χ1v) is 9.22. The van der Waals surface area contributed by atoms with Crippen LogP contribution in [0.1, 0.15) is 61.1 Å². The van der Waals surface area contributed by atoms with E-state index in [9.17, 15) is 4.79 Å². The zero-order valence-electron chi connectivity index (χ0n) is 16.5. The van der Waals surface area contributed by atoms with E-state index in [0.717, 1.165) is 24.2 Å². The topological polar surface area (TPSA) is 50.4 Å². The highest BCUT2D eigenvalue weighted by Crippen LogP contribution is 2.30. The molecule has 1 saturated heterocycles. The van der Waals surface area contributed by atoms with E-state index in [4.69, 9.17) is 4.74 Å². The summed E-state index contributed by atoms with van der Waals surface area (Å²) in [6.45, 7) is 7.48. The SMILES string of the molecule is COc1cc(C(C)(C)C)ccc1C(=O)Nc1cccc(C2CCCN2)c1.Cl.